The lowest BCUT2D eigenvalue weighted by Gasteiger charge is -2.33. The van der Waals surface area contributed by atoms with Crippen LogP contribution in [0.4, 0.5) is 4.79 Å². The molecule has 2 rings (SSSR count). The molecule has 29 heavy (non-hydrogen) atoms. The van der Waals surface area contributed by atoms with E-state index in [1.807, 2.05) is 6.07 Å². The van der Waals surface area contributed by atoms with E-state index < -0.39 is 29.6 Å². The van der Waals surface area contributed by atoms with Crippen LogP contribution in [0.1, 0.15) is 40.5 Å². The summed E-state index contributed by atoms with van der Waals surface area (Å²) in [5.41, 5.74) is 4.23. The number of nitrogens with one attached hydrogen (secondary N) is 2. The second kappa shape index (κ2) is 9.96. The van der Waals surface area contributed by atoms with Crippen LogP contribution >= 0.6 is 15.9 Å². The fourth-order valence-electron chi connectivity index (χ4n) is 2.81. The van der Waals surface area contributed by atoms with Crippen molar-refractivity contribution in [3.63, 3.8) is 0 Å². The van der Waals surface area contributed by atoms with Gasteiger partial charge in [-0.05, 0) is 58.7 Å². The number of amides is 3. The minimum absolute atomic E-state index is 0.251. The number of carbonyl (C=O) groups excluding carboxylic acids is 3. The Bertz CT molecular complexity index is 750. The zero-order valence-corrected chi connectivity index (χ0v) is 18.7. The highest BCUT2D eigenvalue weighted by atomic mass is 79.9. The van der Waals surface area contributed by atoms with Crippen molar-refractivity contribution in [3.05, 3.63) is 28.7 Å². The third kappa shape index (κ3) is 7.56. The van der Waals surface area contributed by atoms with Crippen molar-refractivity contribution < 1.29 is 23.9 Å². The number of likely N-dealkylation sites (tertiary alicyclic amines) is 1. The second-order valence-corrected chi connectivity index (χ2v) is 8.88. The van der Waals surface area contributed by atoms with Crippen LogP contribution < -0.4 is 15.6 Å². The van der Waals surface area contributed by atoms with E-state index in [0.717, 1.165) is 4.47 Å². The van der Waals surface area contributed by atoms with Gasteiger partial charge in [0.05, 0.1) is 5.92 Å². The predicted octanol–water partition coefficient (Wildman–Crippen LogP) is 3.01. The first kappa shape index (κ1) is 23.0. The van der Waals surface area contributed by atoms with E-state index >= 15 is 0 Å². The minimum Gasteiger partial charge on any atom is -0.481 e. The Morgan fingerprint density at radius 2 is 1.97 bits per heavy atom. The first-order valence-electron chi connectivity index (χ1n) is 9.55. The number of piperidine rings is 1. The smallest absolute Gasteiger partial charge is 0.410 e. The van der Waals surface area contributed by atoms with E-state index in [2.05, 4.69) is 26.8 Å². The van der Waals surface area contributed by atoms with E-state index in [4.69, 9.17) is 9.47 Å². The molecule has 0 bridgehead atoms. The molecule has 1 aromatic carbocycles. The van der Waals surface area contributed by atoms with Crippen LogP contribution in [0.25, 0.3) is 0 Å². The van der Waals surface area contributed by atoms with Gasteiger partial charge in [0.2, 0.25) is 5.91 Å². The van der Waals surface area contributed by atoms with E-state index in [9.17, 15) is 14.4 Å². The molecule has 1 saturated heterocycles. The molecule has 1 aromatic rings. The maximum Gasteiger partial charge on any atom is 0.410 e. The van der Waals surface area contributed by atoms with Gasteiger partial charge < -0.3 is 14.4 Å². The van der Waals surface area contributed by atoms with Crippen molar-refractivity contribution in [2.24, 2.45) is 5.92 Å². The summed E-state index contributed by atoms with van der Waals surface area (Å²) in [6.07, 6.45) is 0.0861. The van der Waals surface area contributed by atoms with Gasteiger partial charge in [-0.1, -0.05) is 22.0 Å². The van der Waals surface area contributed by atoms with Gasteiger partial charge in [-0.25, -0.2) is 4.79 Å². The Morgan fingerprint density at radius 1 is 1.24 bits per heavy atom. The van der Waals surface area contributed by atoms with Crippen LogP contribution in [0.15, 0.2) is 28.7 Å². The van der Waals surface area contributed by atoms with Crippen molar-refractivity contribution in [2.45, 2.75) is 52.2 Å². The molecule has 2 atom stereocenters. The lowest BCUT2D eigenvalue weighted by atomic mass is 9.98. The van der Waals surface area contributed by atoms with Gasteiger partial charge in [-0.2, -0.15) is 0 Å². The topological polar surface area (TPSA) is 97.0 Å². The van der Waals surface area contributed by atoms with Crippen LogP contribution in [-0.2, 0) is 14.3 Å². The predicted molar refractivity (Wildman–Crippen MR) is 111 cm³/mol. The second-order valence-electron chi connectivity index (χ2n) is 7.96. The average Bonchev–Trinajstić information content (AvgIpc) is 2.64. The maximum absolute atomic E-state index is 12.4. The SMILES string of the molecule is CC(Oc1cccc(Br)c1)C(=O)NNC(=O)C1CCCN(C(=O)OC(C)(C)C)C1. The number of halogens is 1. The average molecular weight is 470 g/mol. The molecule has 1 aliphatic rings. The number of ether oxygens (including phenoxy) is 2. The Hall–Kier alpha value is -2.29. The van der Waals surface area contributed by atoms with Crippen molar-refractivity contribution in [1.29, 1.82) is 0 Å². The van der Waals surface area contributed by atoms with Gasteiger partial charge in [0.15, 0.2) is 6.10 Å². The van der Waals surface area contributed by atoms with Gasteiger partial charge in [0, 0.05) is 17.6 Å². The summed E-state index contributed by atoms with van der Waals surface area (Å²) >= 11 is 3.34. The Labute approximate surface area is 179 Å². The minimum atomic E-state index is -0.797. The highest BCUT2D eigenvalue weighted by molar-refractivity contribution is 9.10. The molecule has 3 amide bonds. The van der Waals surface area contributed by atoms with Gasteiger partial charge in [0.1, 0.15) is 11.4 Å². The maximum atomic E-state index is 12.4. The Balaban J connectivity index is 1.81. The normalized spacial score (nSPS) is 17.8. The first-order chi connectivity index (χ1) is 13.5. The van der Waals surface area contributed by atoms with E-state index in [-0.39, 0.29) is 12.5 Å². The van der Waals surface area contributed by atoms with E-state index in [1.54, 1.807) is 45.9 Å². The zero-order chi connectivity index (χ0) is 21.6. The van der Waals surface area contributed by atoms with Crippen molar-refractivity contribution in [2.75, 3.05) is 13.1 Å². The third-order valence-corrected chi connectivity index (χ3v) is 4.72. The van der Waals surface area contributed by atoms with Gasteiger partial charge in [0.25, 0.3) is 5.91 Å². The summed E-state index contributed by atoms with van der Waals surface area (Å²) in [6, 6.07) is 7.13. The van der Waals surface area contributed by atoms with Crippen LogP contribution in [0.3, 0.4) is 0 Å². The van der Waals surface area contributed by atoms with Gasteiger partial charge in [-0.3, -0.25) is 20.4 Å². The van der Waals surface area contributed by atoms with Gasteiger partial charge in [-0.15, -0.1) is 0 Å². The van der Waals surface area contributed by atoms with Crippen molar-refractivity contribution in [3.8, 4) is 5.75 Å². The molecule has 0 radical (unpaired) electrons. The monoisotopic (exact) mass is 469 g/mol. The fourth-order valence-corrected chi connectivity index (χ4v) is 3.19. The molecule has 9 heteroatoms. The largest absolute Gasteiger partial charge is 0.481 e. The van der Waals surface area contributed by atoms with Crippen LogP contribution in [0.2, 0.25) is 0 Å². The molecule has 1 fully saturated rings. The Kier molecular flexibility index (Phi) is 7.89. The zero-order valence-electron chi connectivity index (χ0n) is 17.2. The number of hydrogen-bond donors (Lipinski definition) is 2. The summed E-state index contributed by atoms with van der Waals surface area (Å²) in [4.78, 5) is 38.4. The number of nitrogens with zero attached hydrogens (tertiary/aromatic N) is 1. The summed E-state index contributed by atoms with van der Waals surface area (Å²) in [5, 5.41) is 0. The third-order valence-electron chi connectivity index (χ3n) is 4.23. The van der Waals surface area contributed by atoms with E-state index in [1.165, 1.54) is 4.90 Å². The number of carbonyl (C=O) groups is 3. The highest BCUT2D eigenvalue weighted by Crippen LogP contribution is 2.20. The molecule has 0 saturated carbocycles. The molecule has 0 aromatic heterocycles. The molecule has 1 heterocycles. The van der Waals surface area contributed by atoms with Crippen molar-refractivity contribution >= 4 is 33.8 Å². The molecule has 2 unspecified atom stereocenters. The summed E-state index contributed by atoms with van der Waals surface area (Å²) < 4.78 is 11.8. The lowest BCUT2D eigenvalue weighted by Crippen LogP contribution is -2.52. The molecule has 8 nitrogen and oxygen atoms in total. The number of hydrogen-bond acceptors (Lipinski definition) is 5. The van der Waals surface area contributed by atoms with Gasteiger partial charge >= 0.3 is 6.09 Å². The van der Waals surface area contributed by atoms with Crippen LogP contribution in [-0.4, -0.2) is 47.6 Å². The molecular weight excluding hydrogens is 442 g/mol. The van der Waals surface area contributed by atoms with Crippen LogP contribution in [0, 0.1) is 5.92 Å². The highest BCUT2D eigenvalue weighted by Gasteiger charge is 2.31. The number of hydrazine groups is 1. The number of rotatable bonds is 4. The number of benzene rings is 1. The summed E-state index contributed by atoms with van der Waals surface area (Å²) in [7, 11) is 0. The quantitative estimate of drug-likeness (QED) is 0.660. The Morgan fingerprint density at radius 3 is 2.62 bits per heavy atom. The molecule has 1 aliphatic heterocycles. The standard InChI is InChI=1S/C20H28BrN3O5/c1-13(28-16-9-5-8-15(21)11-16)17(25)22-23-18(26)14-7-6-10-24(12-14)19(27)29-20(2,3)4/h5,8-9,11,13-14H,6-7,10,12H2,1-4H3,(H,22,25)(H,23,26). The molecular formula is C20H28BrN3O5. The molecule has 0 aliphatic carbocycles. The lowest BCUT2D eigenvalue weighted by molar-refractivity contribution is -0.135. The summed E-state index contributed by atoms with van der Waals surface area (Å²) in [6.45, 7) is 7.78. The van der Waals surface area contributed by atoms with Crippen molar-refractivity contribution in [1.82, 2.24) is 15.8 Å². The molecule has 0 spiro atoms. The fraction of sp³-hybridized carbons (Fsp3) is 0.550. The van der Waals surface area contributed by atoms with Crippen LogP contribution in [0.5, 0.6) is 5.75 Å². The van der Waals surface area contributed by atoms with E-state index in [0.29, 0.717) is 25.1 Å². The summed E-state index contributed by atoms with van der Waals surface area (Å²) in [5.74, 6) is -0.703. The first-order valence-corrected chi connectivity index (χ1v) is 10.3. The molecule has 2 N–H and O–H groups in total. The molecule has 160 valence electrons.